The van der Waals surface area contributed by atoms with E-state index in [2.05, 4.69) is 15.4 Å². The lowest BCUT2D eigenvalue weighted by molar-refractivity contribution is -0.114. The number of hydrogen-bond donors (Lipinski definition) is 1. The second-order valence-electron chi connectivity index (χ2n) is 3.60. The second-order valence-corrected chi connectivity index (χ2v) is 3.99. The first-order chi connectivity index (χ1) is 8.06. The van der Waals surface area contributed by atoms with Crippen LogP contribution in [0.1, 0.15) is 12.5 Å². The fourth-order valence-corrected chi connectivity index (χ4v) is 1.55. The van der Waals surface area contributed by atoms with Crippen LogP contribution in [0.3, 0.4) is 0 Å². The van der Waals surface area contributed by atoms with E-state index in [1.54, 1.807) is 29.1 Å². The van der Waals surface area contributed by atoms with Crippen LogP contribution in [0.15, 0.2) is 24.4 Å². The van der Waals surface area contributed by atoms with Crippen LogP contribution in [-0.4, -0.2) is 20.7 Å². The Morgan fingerprint density at radius 2 is 2.24 bits per heavy atom. The normalized spacial score (nSPS) is 10.3. The molecule has 88 valence electrons. The Hall–Kier alpha value is -1.88. The molecule has 17 heavy (non-hydrogen) atoms. The number of aryl methyl sites for hydroxylation is 1. The van der Waals surface area contributed by atoms with E-state index in [0.717, 1.165) is 5.56 Å². The molecule has 0 aromatic carbocycles. The summed E-state index contributed by atoms with van der Waals surface area (Å²) in [7, 11) is 0. The monoisotopic (exact) mass is 250 g/mol. The number of anilines is 1. The first-order valence-corrected chi connectivity index (χ1v) is 5.41. The lowest BCUT2D eigenvalue weighted by Gasteiger charge is -2.00. The fourth-order valence-electron chi connectivity index (χ4n) is 1.39. The van der Waals surface area contributed by atoms with Gasteiger partial charge in [0.2, 0.25) is 5.91 Å². The Morgan fingerprint density at radius 3 is 2.88 bits per heavy atom. The number of pyridine rings is 1. The van der Waals surface area contributed by atoms with Crippen molar-refractivity contribution in [2.24, 2.45) is 0 Å². The molecule has 0 aliphatic rings. The summed E-state index contributed by atoms with van der Waals surface area (Å²) < 4.78 is 1.58. The van der Waals surface area contributed by atoms with Gasteiger partial charge in [0.1, 0.15) is 5.15 Å². The van der Waals surface area contributed by atoms with Gasteiger partial charge >= 0.3 is 0 Å². The molecule has 1 N–H and O–H groups in total. The zero-order valence-electron chi connectivity index (χ0n) is 9.44. The van der Waals surface area contributed by atoms with Crippen LogP contribution in [-0.2, 0) is 4.79 Å². The Labute approximate surface area is 103 Å². The van der Waals surface area contributed by atoms with Crippen LogP contribution in [0.5, 0.6) is 0 Å². The number of nitrogens with zero attached hydrogens (tertiary/aromatic N) is 3. The van der Waals surface area contributed by atoms with Crippen LogP contribution in [0, 0.1) is 6.92 Å². The Morgan fingerprint density at radius 1 is 1.47 bits per heavy atom. The maximum atomic E-state index is 11.0. The number of nitrogens with one attached hydrogen (secondary N) is 1. The highest BCUT2D eigenvalue weighted by Crippen LogP contribution is 2.15. The quantitative estimate of drug-likeness (QED) is 0.831. The molecule has 2 aromatic heterocycles. The van der Waals surface area contributed by atoms with Gasteiger partial charge in [-0.3, -0.25) is 4.79 Å². The molecule has 6 heteroatoms. The average Bonchev–Trinajstić information content (AvgIpc) is 2.59. The summed E-state index contributed by atoms with van der Waals surface area (Å²) in [6.45, 7) is 3.30. The number of amides is 1. The molecule has 0 atom stereocenters. The van der Waals surface area contributed by atoms with Crippen LogP contribution in [0.25, 0.3) is 5.82 Å². The summed E-state index contributed by atoms with van der Waals surface area (Å²) in [5.74, 6) is 0.980. The fraction of sp³-hybridized carbons (Fsp3) is 0.182. The molecule has 0 spiro atoms. The van der Waals surface area contributed by atoms with E-state index in [4.69, 9.17) is 11.6 Å². The van der Waals surface area contributed by atoms with Gasteiger partial charge < -0.3 is 5.32 Å². The summed E-state index contributed by atoms with van der Waals surface area (Å²) in [5.41, 5.74) is 0.863. The van der Waals surface area contributed by atoms with Gasteiger partial charge in [-0.1, -0.05) is 17.7 Å². The van der Waals surface area contributed by atoms with Gasteiger partial charge in [-0.05, 0) is 19.1 Å². The highest BCUT2D eigenvalue weighted by atomic mass is 35.5. The number of aromatic nitrogens is 3. The molecular weight excluding hydrogens is 240 g/mol. The maximum Gasteiger partial charge on any atom is 0.222 e. The van der Waals surface area contributed by atoms with Gasteiger partial charge in [-0.25, -0.2) is 9.67 Å². The van der Waals surface area contributed by atoms with Crippen molar-refractivity contribution in [3.8, 4) is 5.82 Å². The molecule has 0 bridgehead atoms. The molecule has 2 heterocycles. The third-order valence-electron chi connectivity index (χ3n) is 2.13. The minimum absolute atomic E-state index is 0.155. The van der Waals surface area contributed by atoms with Gasteiger partial charge in [0, 0.05) is 18.7 Å². The number of hydrogen-bond acceptors (Lipinski definition) is 3. The van der Waals surface area contributed by atoms with E-state index in [1.165, 1.54) is 6.92 Å². The topological polar surface area (TPSA) is 59.8 Å². The lowest BCUT2D eigenvalue weighted by atomic mass is 10.4. The molecule has 1 amide bonds. The molecule has 0 unspecified atom stereocenters. The van der Waals surface area contributed by atoms with E-state index in [0.29, 0.717) is 16.8 Å². The minimum Gasteiger partial charge on any atom is -0.309 e. The summed E-state index contributed by atoms with van der Waals surface area (Å²) in [6.07, 6.45) is 1.78. The number of halogens is 1. The van der Waals surface area contributed by atoms with E-state index in [1.807, 2.05) is 6.92 Å². The van der Waals surface area contributed by atoms with E-state index >= 15 is 0 Å². The summed E-state index contributed by atoms with van der Waals surface area (Å²) in [5, 5.41) is 7.27. The first kappa shape index (κ1) is 11.6. The highest BCUT2D eigenvalue weighted by Gasteiger charge is 2.08. The SMILES string of the molecule is CC(=O)Nc1nn(-c2cccc(Cl)n2)cc1C. The van der Waals surface area contributed by atoms with E-state index in [9.17, 15) is 4.79 Å². The van der Waals surface area contributed by atoms with Crippen molar-refractivity contribution in [1.82, 2.24) is 14.8 Å². The van der Waals surface area contributed by atoms with Crippen LogP contribution in [0.4, 0.5) is 5.82 Å². The first-order valence-electron chi connectivity index (χ1n) is 5.03. The predicted molar refractivity (Wildman–Crippen MR) is 65.4 cm³/mol. The van der Waals surface area contributed by atoms with Crippen molar-refractivity contribution >= 4 is 23.3 Å². The molecule has 2 rings (SSSR count). The minimum atomic E-state index is -0.155. The molecule has 0 aliphatic heterocycles. The van der Waals surface area contributed by atoms with Gasteiger partial charge in [-0.15, -0.1) is 5.10 Å². The standard InChI is InChI=1S/C11H11ClN4O/c1-7-6-16(15-11(7)13-8(2)17)10-5-3-4-9(12)14-10/h3-6H,1-2H3,(H,13,15,17). The van der Waals surface area contributed by atoms with Crippen LogP contribution < -0.4 is 5.32 Å². The molecule has 0 radical (unpaired) electrons. The second kappa shape index (κ2) is 4.55. The van der Waals surface area contributed by atoms with Gasteiger partial charge in [-0.2, -0.15) is 0 Å². The third kappa shape index (κ3) is 2.62. The van der Waals surface area contributed by atoms with Crippen molar-refractivity contribution in [3.63, 3.8) is 0 Å². The molecule has 2 aromatic rings. The van der Waals surface area contributed by atoms with Crippen molar-refractivity contribution < 1.29 is 4.79 Å². The highest BCUT2D eigenvalue weighted by molar-refractivity contribution is 6.29. The zero-order valence-corrected chi connectivity index (χ0v) is 10.2. The Bertz CT molecular complexity index is 564. The van der Waals surface area contributed by atoms with Gasteiger partial charge in [0.25, 0.3) is 0 Å². The molecular formula is C11H11ClN4O. The smallest absolute Gasteiger partial charge is 0.222 e. The number of carbonyl (C=O) groups excluding carboxylic acids is 1. The van der Waals surface area contributed by atoms with Crippen LogP contribution in [0.2, 0.25) is 5.15 Å². The largest absolute Gasteiger partial charge is 0.309 e. The molecule has 0 saturated carbocycles. The number of rotatable bonds is 2. The lowest BCUT2D eigenvalue weighted by Crippen LogP contribution is -2.08. The average molecular weight is 251 g/mol. The van der Waals surface area contributed by atoms with Gasteiger partial charge in [0.15, 0.2) is 11.6 Å². The zero-order chi connectivity index (χ0) is 12.4. The Balaban J connectivity index is 2.37. The Kier molecular flexibility index (Phi) is 3.10. The molecule has 0 fully saturated rings. The van der Waals surface area contributed by atoms with Crippen molar-refractivity contribution in [3.05, 3.63) is 35.1 Å². The third-order valence-corrected chi connectivity index (χ3v) is 2.34. The molecule has 5 nitrogen and oxygen atoms in total. The summed E-state index contributed by atoms with van der Waals surface area (Å²) in [6, 6.07) is 5.27. The van der Waals surface area contributed by atoms with Crippen molar-refractivity contribution in [2.45, 2.75) is 13.8 Å². The maximum absolute atomic E-state index is 11.0. The van der Waals surface area contributed by atoms with Crippen molar-refractivity contribution in [2.75, 3.05) is 5.32 Å². The van der Waals surface area contributed by atoms with E-state index in [-0.39, 0.29) is 5.91 Å². The number of carbonyl (C=O) groups is 1. The summed E-state index contributed by atoms with van der Waals surface area (Å²) >= 11 is 5.80. The van der Waals surface area contributed by atoms with Crippen LogP contribution >= 0.6 is 11.6 Å². The van der Waals surface area contributed by atoms with E-state index < -0.39 is 0 Å². The predicted octanol–water partition coefficient (Wildman–Crippen LogP) is 2.19. The van der Waals surface area contributed by atoms with Crippen molar-refractivity contribution in [1.29, 1.82) is 0 Å². The summed E-state index contributed by atoms with van der Waals surface area (Å²) in [4.78, 5) is 15.1. The molecule has 0 saturated heterocycles. The molecule has 0 aliphatic carbocycles. The van der Waals surface area contributed by atoms with Gasteiger partial charge in [0.05, 0.1) is 0 Å².